The maximum Gasteiger partial charge on any atom is 0.235 e. The van der Waals surface area contributed by atoms with E-state index in [-0.39, 0.29) is 0 Å². The van der Waals surface area contributed by atoms with Gasteiger partial charge in [-0.1, -0.05) is 48.0 Å². The minimum Gasteiger partial charge on any atom is -0.339 e. The third-order valence-electron chi connectivity index (χ3n) is 4.45. The molecule has 0 aliphatic carbocycles. The summed E-state index contributed by atoms with van der Waals surface area (Å²) in [6.45, 7) is 6.32. The molecule has 0 saturated heterocycles. The summed E-state index contributed by atoms with van der Waals surface area (Å²) >= 11 is 0. The van der Waals surface area contributed by atoms with Gasteiger partial charge in [0.05, 0.1) is 0 Å². The van der Waals surface area contributed by atoms with Crippen LogP contribution in [0.1, 0.15) is 16.7 Å². The second-order valence-electron chi connectivity index (χ2n) is 6.36. The summed E-state index contributed by atoms with van der Waals surface area (Å²) in [7, 11) is 0. The van der Waals surface area contributed by atoms with Crippen molar-refractivity contribution in [3.8, 4) is 11.3 Å². The van der Waals surface area contributed by atoms with Crippen molar-refractivity contribution in [1.29, 1.82) is 0 Å². The van der Waals surface area contributed by atoms with Crippen LogP contribution < -0.4 is 5.32 Å². The average Bonchev–Trinajstić information content (AvgIpc) is 2.97. The highest BCUT2D eigenvalue weighted by Gasteiger charge is 2.16. The van der Waals surface area contributed by atoms with Gasteiger partial charge in [0.25, 0.3) is 0 Å². The molecule has 0 fully saturated rings. The topological polar surface area (TPSA) is 42.2 Å². The average molecular weight is 328 g/mol. The number of aryl methyl sites for hydroxylation is 3. The standard InChI is InChI=1S/C21H20N4/c1-14-8-10-17(11-9-14)19-20(25-13-5-12-22-21(25)24-19)23-18-15(2)6-4-7-16(18)3/h4-13,23H,1-3H3. The van der Waals surface area contributed by atoms with Crippen molar-refractivity contribution in [2.75, 3.05) is 5.32 Å². The number of imidazole rings is 1. The van der Waals surface area contributed by atoms with Crippen molar-refractivity contribution < 1.29 is 0 Å². The molecule has 0 aliphatic rings. The second kappa shape index (κ2) is 6.06. The molecule has 0 unspecified atom stereocenters. The summed E-state index contributed by atoms with van der Waals surface area (Å²) in [6.07, 6.45) is 3.76. The first kappa shape index (κ1) is 15.4. The molecular weight excluding hydrogens is 308 g/mol. The molecule has 2 aromatic heterocycles. The number of aromatic nitrogens is 3. The third-order valence-corrected chi connectivity index (χ3v) is 4.45. The van der Waals surface area contributed by atoms with Crippen molar-refractivity contribution in [1.82, 2.24) is 14.4 Å². The summed E-state index contributed by atoms with van der Waals surface area (Å²) in [5.41, 5.74) is 6.73. The van der Waals surface area contributed by atoms with Gasteiger partial charge in [-0.3, -0.25) is 4.40 Å². The first-order valence-corrected chi connectivity index (χ1v) is 8.37. The van der Waals surface area contributed by atoms with E-state index >= 15 is 0 Å². The van der Waals surface area contributed by atoms with Crippen LogP contribution in [-0.4, -0.2) is 14.4 Å². The lowest BCUT2D eigenvalue weighted by Crippen LogP contribution is -2.00. The van der Waals surface area contributed by atoms with Crippen molar-refractivity contribution >= 4 is 17.3 Å². The molecule has 0 aliphatic heterocycles. The Morgan fingerprint density at radius 2 is 1.60 bits per heavy atom. The number of nitrogens with zero attached hydrogens (tertiary/aromatic N) is 3. The number of fused-ring (bicyclic) bond motifs is 1. The lowest BCUT2D eigenvalue weighted by Gasteiger charge is -2.14. The van der Waals surface area contributed by atoms with E-state index in [1.165, 1.54) is 16.7 Å². The number of anilines is 2. The number of rotatable bonds is 3. The van der Waals surface area contributed by atoms with E-state index in [0.29, 0.717) is 5.78 Å². The highest BCUT2D eigenvalue weighted by molar-refractivity contribution is 5.80. The van der Waals surface area contributed by atoms with Crippen molar-refractivity contribution in [3.63, 3.8) is 0 Å². The normalized spacial score (nSPS) is 11.0. The van der Waals surface area contributed by atoms with Crippen LogP contribution >= 0.6 is 0 Å². The number of hydrogen-bond donors (Lipinski definition) is 1. The Morgan fingerprint density at radius 1 is 0.880 bits per heavy atom. The zero-order valence-electron chi connectivity index (χ0n) is 14.6. The molecule has 1 N–H and O–H groups in total. The molecule has 0 radical (unpaired) electrons. The Kier molecular flexibility index (Phi) is 3.73. The fourth-order valence-electron chi connectivity index (χ4n) is 3.05. The fourth-order valence-corrected chi connectivity index (χ4v) is 3.05. The van der Waals surface area contributed by atoms with Crippen LogP contribution in [0.25, 0.3) is 17.0 Å². The number of para-hydroxylation sites is 1. The third kappa shape index (κ3) is 2.76. The van der Waals surface area contributed by atoms with Crippen molar-refractivity contribution in [2.45, 2.75) is 20.8 Å². The van der Waals surface area contributed by atoms with Gasteiger partial charge in [-0.05, 0) is 38.0 Å². The SMILES string of the molecule is Cc1ccc(-c2nc3ncccn3c2Nc2c(C)cccc2C)cc1. The Morgan fingerprint density at radius 3 is 2.32 bits per heavy atom. The zero-order valence-corrected chi connectivity index (χ0v) is 14.6. The molecule has 0 amide bonds. The minimum atomic E-state index is 0.687. The first-order chi connectivity index (χ1) is 12.1. The predicted octanol–water partition coefficient (Wildman–Crippen LogP) is 5.07. The fraction of sp³-hybridized carbons (Fsp3) is 0.143. The summed E-state index contributed by atoms with van der Waals surface area (Å²) < 4.78 is 2.00. The van der Waals surface area contributed by atoms with Crippen LogP contribution in [0.15, 0.2) is 60.9 Å². The van der Waals surface area contributed by atoms with E-state index in [4.69, 9.17) is 4.98 Å². The first-order valence-electron chi connectivity index (χ1n) is 8.37. The van der Waals surface area contributed by atoms with Gasteiger partial charge < -0.3 is 5.32 Å². The highest BCUT2D eigenvalue weighted by atomic mass is 15.2. The van der Waals surface area contributed by atoms with Crippen LogP contribution in [0.3, 0.4) is 0 Å². The molecule has 4 nitrogen and oxygen atoms in total. The molecule has 4 rings (SSSR count). The Balaban J connectivity index is 1.92. The molecular formula is C21H20N4. The Labute approximate surface area is 147 Å². The molecule has 0 bridgehead atoms. The molecule has 124 valence electrons. The van der Waals surface area contributed by atoms with E-state index < -0.39 is 0 Å². The van der Waals surface area contributed by atoms with Gasteiger partial charge in [-0.25, -0.2) is 9.97 Å². The van der Waals surface area contributed by atoms with Gasteiger partial charge in [-0.2, -0.15) is 0 Å². The Hall–Kier alpha value is -3.14. The van der Waals surface area contributed by atoms with Gasteiger partial charge in [0.1, 0.15) is 11.5 Å². The molecule has 2 aromatic carbocycles. The van der Waals surface area contributed by atoms with Gasteiger partial charge in [0.2, 0.25) is 5.78 Å². The summed E-state index contributed by atoms with van der Waals surface area (Å²) in [5, 5.41) is 3.61. The second-order valence-corrected chi connectivity index (χ2v) is 6.36. The Bertz CT molecular complexity index is 1030. The van der Waals surface area contributed by atoms with Crippen molar-refractivity contribution in [2.24, 2.45) is 0 Å². The lowest BCUT2D eigenvalue weighted by molar-refractivity contribution is 1.11. The number of nitrogens with one attached hydrogen (secondary N) is 1. The van der Waals surface area contributed by atoms with Crippen LogP contribution in [-0.2, 0) is 0 Å². The zero-order chi connectivity index (χ0) is 17.4. The summed E-state index contributed by atoms with van der Waals surface area (Å²) in [5.74, 6) is 1.62. The van der Waals surface area contributed by atoms with E-state index in [9.17, 15) is 0 Å². The molecule has 0 spiro atoms. The molecule has 4 aromatic rings. The van der Waals surface area contributed by atoms with Gasteiger partial charge in [-0.15, -0.1) is 0 Å². The van der Waals surface area contributed by atoms with E-state index in [1.54, 1.807) is 6.20 Å². The summed E-state index contributed by atoms with van der Waals surface area (Å²) in [6, 6.07) is 16.6. The number of hydrogen-bond acceptors (Lipinski definition) is 3. The quantitative estimate of drug-likeness (QED) is 0.571. The smallest absolute Gasteiger partial charge is 0.235 e. The number of benzene rings is 2. The molecule has 2 heterocycles. The van der Waals surface area contributed by atoms with E-state index in [0.717, 1.165) is 22.8 Å². The molecule has 0 atom stereocenters. The maximum absolute atomic E-state index is 4.76. The largest absolute Gasteiger partial charge is 0.339 e. The lowest BCUT2D eigenvalue weighted by atomic mass is 10.1. The molecule has 25 heavy (non-hydrogen) atoms. The molecule has 4 heteroatoms. The monoisotopic (exact) mass is 328 g/mol. The van der Waals surface area contributed by atoms with E-state index in [2.05, 4.69) is 73.5 Å². The highest BCUT2D eigenvalue weighted by Crippen LogP contribution is 2.32. The summed E-state index contributed by atoms with van der Waals surface area (Å²) in [4.78, 5) is 9.16. The van der Waals surface area contributed by atoms with Gasteiger partial charge >= 0.3 is 0 Å². The van der Waals surface area contributed by atoms with Gasteiger partial charge in [0.15, 0.2) is 0 Å². The van der Waals surface area contributed by atoms with Crippen molar-refractivity contribution in [3.05, 3.63) is 77.6 Å². The van der Waals surface area contributed by atoms with E-state index in [1.807, 2.05) is 16.7 Å². The molecule has 0 saturated carbocycles. The van der Waals surface area contributed by atoms with Crippen LogP contribution in [0.5, 0.6) is 0 Å². The minimum absolute atomic E-state index is 0.687. The van der Waals surface area contributed by atoms with Crippen LogP contribution in [0, 0.1) is 20.8 Å². The maximum atomic E-state index is 4.76. The van der Waals surface area contributed by atoms with Crippen LogP contribution in [0.2, 0.25) is 0 Å². The predicted molar refractivity (Wildman–Crippen MR) is 102 cm³/mol. The van der Waals surface area contributed by atoms with Crippen LogP contribution in [0.4, 0.5) is 11.5 Å². The van der Waals surface area contributed by atoms with Gasteiger partial charge in [0, 0.05) is 23.6 Å².